The molecular formula is C19H33BrO2. The van der Waals surface area contributed by atoms with E-state index >= 15 is 0 Å². The van der Waals surface area contributed by atoms with Gasteiger partial charge in [0.05, 0.1) is 6.61 Å². The zero-order valence-corrected chi connectivity index (χ0v) is 15.6. The Bertz CT molecular complexity index is 300. The fourth-order valence-electron chi connectivity index (χ4n) is 2.61. The highest BCUT2D eigenvalue weighted by Crippen LogP contribution is 2.13. The van der Waals surface area contributed by atoms with Crippen molar-refractivity contribution in [3.05, 3.63) is 24.2 Å². The summed E-state index contributed by atoms with van der Waals surface area (Å²) in [6.07, 6.45) is 22.3. The van der Waals surface area contributed by atoms with Gasteiger partial charge in [-0.15, -0.1) is 0 Å². The van der Waals surface area contributed by atoms with Gasteiger partial charge in [-0.2, -0.15) is 0 Å². The number of unbranched alkanes of at least 4 members (excludes halogenated alkanes) is 11. The fraction of sp³-hybridized carbons (Fsp3) is 0.789. The molecule has 0 radical (unpaired) electrons. The van der Waals surface area contributed by atoms with Gasteiger partial charge >= 0.3 is 0 Å². The van der Waals surface area contributed by atoms with Crippen molar-refractivity contribution >= 4 is 15.9 Å². The minimum absolute atomic E-state index is 0.641. The van der Waals surface area contributed by atoms with E-state index in [1.807, 2.05) is 18.2 Å². The molecule has 0 fully saturated rings. The molecule has 128 valence electrons. The van der Waals surface area contributed by atoms with Gasteiger partial charge in [-0.05, 0) is 18.9 Å². The number of rotatable bonds is 15. The molecule has 0 amide bonds. The first-order valence-electron chi connectivity index (χ1n) is 9.12. The number of hydrogen-bond acceptors (Lipinski definition) is 2. The molecule has 3 heteroatoms. The predicted molar refractivity (Wildman–Crippen MR) is 98.3 cm³/mol. The molecule has 0 aromatic carbocycles. The van der Waals surface area contributed by atoms with Crippen molar-refractivity contribution < 1.29 is 9.47 Å². The molecule has 0 aromatic heterocycles. The van der Waals surface area contributed by atoms with Crippen LogP contribution in [-0.2, 0) is 9.47 Å². The lowest BCUT2D eigenvalue weighted by Crippen LogP contribution is -2.02. The largest absolute Gasteiger partial charge is 0.465 e. The van der Waals surface area contributed by atoms with Crippen LogP contribution < -0.4 is 0 Å². The Morgan fingerprint density at radius 2 is 1.36 bits per heavy atom. The first kappa shape index (κ1) is 19.6. The number of hydrogen-bond donors (Lipinski definition) is 0. The topological polar surface area (TPSA) is 18.5 Å². The highest BCUT2D eigenvalue weighted by molar-refractivity contribution is 9.09. The third-order valence-corrected chi connectivity index (χ3v) is 4.52. The van der Waals surface area contributed by atoms with Gasteiger partial charge in [-0.25, -0.2) is 0 Å². The van der Waals surface area contributed by atoms with E-state index in [0.717, 1.165) is 13.0 Å². The van der Waals surface area contributed by atoms with Gasteiger partial charge < -0.3 is 9.47 Å². The lowest BCUT2D eigenvalue weighted by atomic mass is 10.1. The van der Waals surface area contributed by atoms with Gasteiger partial charge in [0.2, 0.25) is 0 Å². The Morgan fingerprint density at radius 3 is 1.86 bits per heavy atom. The Balaban J connectivity index is 1.71. The molecule has 0 saturated carbocycles. The fourth-order valence-corrected chi connectivity index (χ4v) is 3.00. The summed E-state index contributed by atoms with van der Waals surface area (Å²) < 4.78 is 10.9. The second kappa shape index (κ2) is 15.5. The maximum absolute atomic E-state index is 5.57. The SMILES string of the molecule is BrCCCCCCCCCCCCCCOC1=CC=CCO1. The summed E-state index contributed by atoms with van der Waals surface area (Å²) >= 11 is 3.48. The van der Waals surface area contributed by atoms with E-state index in [1.165, 1.54) is 76.0 Å². The molecule has 0 aromatic rings. The summed E-state index contributed by atoms with van der Waals surface area (Å²) in [7, 11) is 0. The Morgan fingerprint density at radius 1 is 0.818 bits per heavy atom. The lowest BCUT2D eigenvalue weighted by molar-refractivity contribution is 0.0432. The van der Waals surface area contributed by atoms with Crippen LogP contribution in [0.25, 0.3) is 0 Å². The van der Waals surface area contributed by atoms with E-state index in [4.69, 9.17) is 9.47 Å². The van der Waals surface area contributed by atoms with Crippen molar-refractivity contribution in [2.45, 2.75) is 77.0 Å². The molecule has 0 spiro atoms. The van der Waals surface area contributed by atoms with Crippen molar-refractivity contribution in [3.8, 4) is 0 Å². The summed E-state index contributed by atoms with van der Waals surface area (Å²) in [5.74, 6) is 0.679. The third-order valence-electron chi connectivity index (χ3n) is 3.96. The molecule has 1 rings (SSSR count). The zero-order valence-electron chi connectivity index (χ0n) is 14.0. The third kappa shape index (κ3) is 12.1. The molecule has 0 N–H and O–H groups in total. The summed E-state index contributed by atoms with van der Waals surface area (Å²) in [6.45, 7) is 1.43. The Kier molecular flexibility index (Phi) is 13.8. The van der Waals surface area contributed by atoms with E-state index in [9.17, 15) is 0 Å². The van der Waals surface area contributed by atoms with Gasteiger partial charge in [0.25, 0.3) is 5.95 Å². The Labute approximate surface area is 145 Å². The van der Waals surface area contributed by atoms with Crippen molar-refractivity contribution in [3.63, 3.8) is 0 Å². The second-order valence-corrected chi connectivity index (χ2v) is 6.80. The molecule has 0 bridgehead atoms. The second-order valence-electron chi connectivity index (χ2n) is 6.00. The lowest BCUT2D eigenvalue weighted by Gasteiger charge is -2.12. The number of allylic oxidation sites excluding steroid dienone is 2. The van der Waals surface area contributed by atoms with Crippen LogP contribution in [0.5, 0.6) is 0 Å². The predicted octanol–water partition coefficient (Wildman–Crippen LogP) is 6.51. The summed E-state index contributed by atoms with van der Waals surface area (Å²) in [4.78, 5) is 0. The van der Waals surface area contributed by atoms with Crippen LogP contribution in [0.4, 0.5) is 0 Å². The number of alkyl halides is 1. The van der Waals surface area contributed by atoms with Crippen LogP contribution in [0.15, 0.2) is 24.2 Å². The van der Waals surface area contributed by atoms with E-state index in [1.54, 1.807) is 0 Å². The van der Waals surface area contributed by atoms with Crippen molar-refractivity contribution in [2.75, 3.05) is 18.5 Å². The molecule has 0 aliphatic carbocycles. The minimum Gasteiger partial charge on any atom is -0.465 e. The van der Waals surface area contributed by atoms with Gasteiger partial charge in [-0.1, -0.05) is 86.2 Å². The monoisotopic (exact) mass is 372 g/mol. The average molecular weight is 373 g/mol. The quantitative estimate of drug-likeness (QED) is 0.241. The van der Waals surface area contributed by atoms with Crippen molar-refractivity contribution in [1.29, 1.82) is 0 Å². The summed E-state index contributed by atoms with van der Waals surface area (Å²) in [5, 5.41) is 1.17. The van der Waals surface area contributed by atoms with Crippen LogP contribution in [0.2, 0.25) is 0 Å². The maximum atomic E-state index is 5.57. The first-order valence-corrected chi connectivity index (χ1v) is 10.2. The van der Waals surface area contributed by atoms with E-state index in [2.05, 4.69) is 15.9 Å². The highest BCUT2D eigenvalue weighted by Gasteiger charge is 2.00. The highest BCUT2D eigenvalue weighted by atomic mass is 79.9. The number of ether oxygens (including phenoxy) is 2. The summed E-state index contributed by atoms with van der Waals surface area (Å²) in [6, 6.07) is 0. The van der Waals surface area contributed by atoms with E-state index in [-0.39, 0.29) is 0 Å². The molecule has 1 aliphatic rings. The van der Waals surface area contributed by atoms with Crippen LogP contribution in [0.1, 0.15) is 77.0 Å². The van der Waals surface area contributed by atoms with Gasteiger partial charge in [0.1, 0.15) is 6.61 Å². The van der Waals surface area contributed by atoms with Crippen LogP contribution in [0, 0.1) is 0 Å². The standard InChI is InChI=1S/C19H33BrO2/c20-16-12-9-7-5-3-1-2-4-6-8-10-13-17-21-19-15-11-14-18-22-19/h11,14-15H,1-10,12-13,16-18H2. The molecule has 0 unspecified atom stereocenters. The van der Waals surface area contributed by atoms with Gasteiger partial charge in [0, 0.05) is 11.4 Å². The Hall–Kier alpha value is -0.440. The van der Waals surface area contributed by atoms with Crippen LogP contribution in [-0.4, -0.2) is 18.5 Å². The number of halogens is 1. The minimum atomic E-state index is 0.641. The summed E-state index contributed by atoms with van der Waals surface area (Å²) in [5.41, 5.74) is 0. The molecule has 0 saturated heterocycles. The molecule has 1 aliphatic heterocycles. The molecule has 2 nitrogen and oxygen atoms in total. The van der Waals surface area contributed by atoms with Crippen molar-refractivity contribution in [1.82, 2.24) is 0 Å². The molecule has 0 atom stereocenters. The zero-order chi connectivity index (χ0) is 15.7. The van der Waals surface area contributed by atoms with Gasteiger partial charge in [-0.3, -0.25) is 0 Å². The van der Waals surface area contributed by atoms with E-state index in [0.29, 0.717) is 12.6 Å². The average Bonchev–Trinajstić information content (AvgIpc) is 2.56. The van der Waals surface area contributed by atoms with Crippen molar-refractivity contribution in [2.24, 2.45) is 0 Å². The normalized spacial score (nSPS) is 13.8. The van der Waals surface area contributed by atoms with E-state index < -0.39 is 0 Å². The van der Waals surface area contributed by atoms with Crippen LogP contribution in [0.3, 0.4) is 0 Å². The molecule has 1 heterocycles. The first-order chi connectivity index (χ1) is 10.9. The maximum Gasteiger partial charge on any atom is 0.279 e. The molecule has 22 heavy (non-hydrogen) atoms. The van der Waals surface area contributed by atoms with Crippen LogP contribution >= 0.6 is 15.9 Å². The molecular weight excluding hydrogens is 340 g/mol. The smallest absolute Gasteiger partial charge is 0.279 e. The van der Waals surface area contributed by atoms with Gasteiger partial charge in [0.15, 0.2) is 0 Å².